The minimum absolute atomic E-state index is 0.232. The SMILES string of the molecule is Cc1ccc(C)c(SC[C@@H](C)O)c1. The van der Waals surface area contributed by atoms with Crippen molar-refractivity contribution in [3.63, 3.8) is 0 Å². The molecule has 1 aromatic carbocycles. The molecular formula is C11H16OS. The average molecular weight is 196 g/mol. The van der Waals surface area contributed by atoms with E-state index in [2.05, 4.69) is 32.0 Å². The van der Waals surface area contributed by atoms with Crippen LogP contribution in [0.5, 0.6) is 0 Å². The van der Waals surface area contributed by atoms with Crippen LogP contribution in [-0.4, -0.2) is 17.0 Å². The van der Waals surface area contributed by atoms with E-state index in [1.165, 1.54) is 16.0 Å². The van der Waals surface area contributed by atoms with Gasteiger partial charge in [0.25, 0.3) is 0 Å². The van der Waals surface area contributed by atoms with E-state index in [1.807, 2.05) is 6.92 Å². The fraction of sp³-hybridized carbons (Fsp3) is 0.455. The minimum atomic E-state index is -0.232. The summed E-state index contributed by atoms with van der Waals surface area (Å²) in [5.41, 5.74) is 2.56. The third-order valence-corrected chi connectivity index (χ3v) is 3.22. The van der Waals surface area contributed by atoms with Crippen LogP contribution in [0.2, 0.25) is 0 Å². The molecule has 0 bridgehead atoms. The van der Waals surface area contributed by atoms with Crippen LogP contribution >= 0.6 is 11.8 Å². The third-order valence-electron chi connectivity index (χ3n) is 1.82. The van der Waals surface area contributed by atoms with Crippen LogP contribution in [0.3, 0.4) is 0 Å². The molecule has 0 saturated heterocycles. The van der Waals surface area contributed by atoms with Gasteiger partial charge in [0, 0.05) is 10.6 Å². The van der Waals surface area contributed by atoms with Crippen LogP contribution < -0.4 is 0 Å². The van der Waals surface area contributed by atoms with E-state index >= 15 is 0 Å². The van der Waals surface area contributed by atoms with Gasteiger partial charge in [-0.3, -0.25) is 0 Å². The molecule has 0 spiro atoms. The molecule has 2 heteroatoms. The molecular weight excluding hydrogens is 180 g/mol. The molecule has 0 radical (unpaired) electrons. The molecule has 0 aliphatic rings. The van der Waals surface area contributed by atoms with Crippen molar-refractivity contribution in [2.75, 3.05) is 5.75 Å². The Balaban J connectivity index is 2.70. The molecule has 1 rings (SSSR count). The molecule has 13 heavy (non-hydrogen) atoms. The van der Waals surface area contributed by atoms with E-state index < -0.39 is 0 Å². The molecule has 0 saturated carbocycles. The summed E-state index contributed by atoms with van der Waals surface area (Å²) in [5.74, 6) is 0.768. The number of aryl methyl sites for hydroxylation is 2. The maximum Gasteiger partial charge on any atom is 0.0606 e. The van der Waals surface area contributed by atoms with E-state index in [1.54, 1.807) is 11.8 Å². The highest BCUT2D eigenvalue weighted by Crippen LogP contribution is 2.23. The van der Waals surface area contributed by atoms with Crippen molar-refractivity contribution in [3.05, 3.63) is 29.3 Å². The first-order valence-corrected chi connectivity index (χ1v) is 5.46. The predicted molar refractivity (Wildman–Crippen MR) is 58.3 cm³/mol. The molecule has 1 aromatic rings. The Bertz CT molecular complexity index is 281. The zero-order chi connectivity index (χ0) is 9.84. The Morgan fingerprint density at radius 3 is 2.69 bits per heavy atom. The maximum atomic E-state index is 9.15. The Morgan fingerprint density at radius 2 is 2.08 bits per heavy atom. The highest BCUT2D eigenvalue weighted by molar-refractivity contribution is 7.99. The van der Waals surface area contributed by atoms with Gasteiger partial charge >= 0.3 is 0 Å². The van der Waals surface area contributed by atoms with Crippen molar-refractivity contribution in [1.29, 1.82) is 0 Å². The van der Waals surface area contributed by atoms with Gasteiger partial charge in [-0.2, -0.15) is 0 Å². The number of thioether (sulfide) groups is 1. The van der Waals surface area contributed by atoms with Gasteiger partial charge in [-0.25, -0.2) is 0 Å². The zero-order valence-electron chi connectivity index (χ0n) is 8.37. The molecule has 0 amide bonds. The highest BCUT2D eigenvalue weighted by Gasteiger charge is 2.01. The van der Waals surface area contributed by atoms with Crippen LogP contribution in [0.25, 0.3) is 0 Å². The lowest BCUT2D eigenvalue weighted by molar-refractivity contribution is 0.220. The van der Waals surface area contributed by atoms with Gasteiger partial charge in [0.05, 0.1) is 6.10 Å². The van der Waals surface area contributed by atoms with Gasteiger partial charge < -0.3 is 5.11 Å². The molecule has 0 aliphatic heterocycles. The molecule has 0 fully saturated rings. The first-order chi connectivity index (χ1) is 6.09. The second-order valence-corrected chi connectivity index (χ2v) is 4.49. The lowest BCUT2D eigenvalue weighted by Gasteiger charge is -2.07. The number of benzene rings is 1. The van der Waals surface area contributed by atoms with E-state index in [9.17, 15) is 0 Å². The Kier molecular flexibility index (Phi) is 3.82. The lowest BCUT2D eigenvalue weighted by atomic mass is 10.2. The summed E-state index contributed by atoms with van der Waals surface area (Å²) < 4.78 is 0. The van der Waals surface area contributed by atoms with Crippen LogP contribution in [0.15, 0.2) is 23.1 Å². The van der Waals surface area contributed by atoms with Crippen LogP contribution in [0.1, 0.15) is 18.1 Å². The lowest BCUT2D eigenvalue weighted by Crippen LogP contribution is -2.02. The van der Waals surface area contributed by atoms with Crippen molar-refractivity contribution in [2.24, 2.45) is 0 Å². The fourth-order valence-electron chi connectivity index (χ4n) is 1.07. The molecule has 1 N–H and O–H groups in total. The molecule has 72 valence electrons. The Morgan fingerprint density at radius 1 is 1.38 bits per heavy atom. The Labute approximate surface area is 84.2 Å². The number of hydrogen-bond donors (Lipinski definition) is 1. The second kappa shape index (κ2) is 4.68. The molecule has 1 atom stereocenters. The quantitative estimate of drug-likeness (QED) is 0.750. The summed E-state index contributed by atoms with van der Waals surface area (Å²) in [6.45, 7) is 6.01. The number of aliphatic hydroxyl groups excluding tert-OH is 1. The van der Waals surface area contributed by atoms with E-state index in [0.29, 0.717) is 0 Å². The van der Waals surface area contributed by atoms with Gasteiger partial charge in [0.1, 0.15) is 0 Å². The van der Waals surface area contributed by atoms with Gasteiger partial charge in [0.15, 0.2) is 0 Å². The standard InChI is InChI=1S/C11H16OS/c1-8-4-5-9(2)11(6-8)13-7-10(3)12/h4-6,10,12H,7H2,1-3H3/t10-/m1/s1. The largest absolute Gasteiger partial charge is 0.393 e. The summed E-state index contributed by atoms with van der Waals surface area (Å²) in [7, 11) is 0. The fourth-order valence-corrected chi connectivity index (χ4v) is 2.06. The Hall–Kier alpha value is -0.470. The van der Waals surface area contributed by atoms with Gasteiger partial charge in [-0.1, -0.05) is 17.7 Å². The smallest absolute Gasteiger partial charge is 0.0606 e. The number of rotatable bonds is 3. The molecule has 0 aliphatic carbocycles. The summed E-state index contributed by atoms with van der Waals surface area (Å²) in [6, 6.07) is 6.41. The first kappa shape index (κ1) is 10.6. The second-order valence-electron chi connectivity index (χ2n) is 3.43. The third kappa shape index (κ3) is 3.41. The first-order valence-electron chi connectivity index (χ1n) is 4.47. The van der Waals surface area contributed by atoms with Crippen molar-refractivity contribution in [2.45, 2.75) is 31.8 Å². The van der Waals surface area contributed by atoms with Crippen molar-refractivity contribution >= 4 is 11.8 Å². The summed E-state index contributed by atoms with van der Waals surface area (Å²) in [5, 5.41) is 9.15. The normalized spacial score (nSPS) is 12.9. The van der Waals surface area contributed by atoms with Gasteiger partial charge in [-0.05, 0) is 32.4 Å². The van der Waals surface area contributed by atoms with Crippen LogP contribution in [-0.2, 0) is 0 Å². The summed E-state index contributed by atoms with van der Waals surface area (Å²) >= 11 is 1.72. The summed E-state index contributed by atoms with van der Waals surface area (Å²) in [4.78, 5) is 1.28. The molecule has 0 aromatic heterocycles. The van der Waals surface area contributed by atoms with Crippen LogP contribution in [0, 0.1) is 13.8 Å². The molecule has 0 unspecified atom stereocenters. The van der Waals surface area contributed by atoms with E-state index in [0.717, 1.165) is 5.75 Å². The van der Waals surface area contributed by atoms with E-state index in [-0.39, 0.29) is 6.10 Å². The average Bonchev–Trinajstić information content (AvgIpc) is 2.06. The maximum absolute atomic E-state index is 9.15. The van der Waals surface area contributed by atoms with Gasteiger partial charge in [-0.15, -0.1) is 11.8 Å². The number of hydrogen-bond acceptors (Lipinski definition) is 2. The van der Waals surface area contributed by atoms with Crippen molar-refractivity contribution in [1.82, 2.24) is 0 Å². The van der Waals surface area contributed by atoms with Gasteiger partial charge in [0.2, 0.25) is 0 Å². The van der Waals surface area contributed by atoms with Crippen molar-refractivity contribution in [3.8, 4) is 0 Å². The molecule has 0 heterocycles. The minimum Gasteiger partial charge on any atom is -0.393 e. The number of aliphatic hydroxyl groups is 1. The highest BCUT2D eigenvalue weighted by atomic mass is 32.2. The van der Waals surface area contributed by atoms with Crippen molar-refractivity contribution < 1.29 is 5.11 Å². The van der Waals surface area contributed by atoms with E-state index in [4.69, 9.17) is 5.11 Å². The van der Waals surface area contributed by atoms with Crippen LogP contribution in [0.4, 0.5) is 0 Å². The molecule has 1 nitrogen and oxygen atoms in total. The zero-order valence-corrected chi connectivity index (χ0v) is 9.19. The summed E-state index contributed by atoms with van der Waals surface area (Å²) in [6.07, 6.45) is -0.232. The predicted octanol–water partition coefficient (Wildman–Crippen LogP) is 2.78. The monoisotopic (exact) mass is 196 g/mol. The topological polar surface area (TPSA) is 20.2 Å².